The van der Waals surface area contributed by atoms with Crippen LogP contribution in [0.3, 0.4) is 0 Å². The number of carbonyl (C=O) groups is 1. The first-order valence-corrected chi connectivity index (χ1v) is 13.6. The second kappa shape index (κ2) is 13.1. The highest BCUT2D eigenvalue weighted by Crippen LogP contribution is 2.30. The molecular formula is C29H39BrN2O2. The van der Waals surface area contributed by atoms with Gasteiger partial charge in [0, 0.05) is 23.8 Å². The van der Waals surface area contributed by atoms with E-state index in [9.17, 15) is 4.79 Å². The maximum atomic E-state index is 13.5. The van der Waals surface area contributed by atoms with Crippen LogP contribution in [0, 0.1) is 6.92 Å². The van der Waals surface area contributed by atoms with E-state index in [0.717, 1.165) is 46.4 Å². The van der Waals surface area contributed by atoms with E-state index in [-0.39, 0.29) is 5.78 Å². The Morgan fingerprint density at radius 1 is 1.00 bits per heavy atom. The van der Waals surface area contributed by atoms with E-state index in [1.165, 1.54) is 44.3 Å². The molecule has 0 atom stereocenters. The van der Waals surface area contributed by atoms with Crippen molar-refractivity contribution in [1.29, 1.82) is 0 Å². The van der Waals surface area contributed by atoms with E-state index in [1.807, 2.05) is 40.9 Å². The smallest absolute Gasteiger partial charge is 0.210 e. The zero-order valence-corrected chi connectivity index (χ0v) is 22.8. The number of nitrogens with zero attached hydrogens (tertiary/aromatic N) is 2. The lowest BCUT2D eigenvalue weighted by Crippen LogP contribution is -2.28. The van der Waals surface area contributed by atoms with Crippen molar-refractivity contribution in [2.45, 2.75) is 66.2 Å². The number of unbranched alkanes of at least 4 members (excludes halogenated alkanes) is 2. The molecule has 184 valence electrons. The molecule has 34 heavy (non-hydrogen) atoms. The molecule has 0 aliphatic carbocycles. The highest BCUT2D eigenvalue weighted by atomic mass is 79.9. The van der Waals surface area contributed by atoms with Crippen molar-refractivity contribution in [1.82, 2.24) is 9.30 Å². The Bertz CT molecular complexity index is 1080. The van der Waals surface area contributed by atoms with Crippen LogP contribution in [0.15, 0.2) is 47.1 Å². The predicted molar refractivity (Wildman–Crippen MR) is 145 cm³/mol. The topological polar surface area (TPSA) is 34.0 Å². The molecule has 3 rings (SSSR count). The Morgan fingerprint density at radius 3 is 2.35 bits per heavy atom. The molecule has 5 heteroatoms. The third-order valence-corrected chi connectivity index (χ3v) is 7.14. The molecule has 0 amide bonds. The third-order valence-electron chi connectivity index (χ3n) is 6.52. The number of ether oxygens (including phenoxy) is 1. The minimum Gasteiger partial charge on any atom is -0.492 e. The molecule has 0 bridgehead atoms. The molecular weight excluding hydrogens is 488 g/mol. The highest BCUT2D eigenvalue weighted by Gasteiger charge is 2.21. The highest BCUT2D eigenvalue weighted by molar-refractivity contribution is 9.10. The van der Waals surface area contributed by atoms with E-state index in [2.05, 4.69) is 54.6 Å². The van der Waals surface area contributed by atoms with Crippen molar-refractivity contribution in [3.8, 4) is 5.75 Å². The van der Waals surface area contributed by atoms with E-state index >= 15 is 0 Å². The number of aryl methyl sites for hydroxylation is 1. The number of aromatic nitrogens is 1. The summed E-state index contributed by atoms with van der Waals surface area (Å²) in [7, 11) is 0. The van der Waals surface area contributed by atoms with Crippen LogP contribution in [0.2, 0.25) is 0 Å². The van der Waals surface area contributed by atoms with Crippen LogP contribution in [-0.4, -0.2) is 41.3 Å². The minimum atomic E-state index is 0.0425. The zero-order chi connectivity index (χ0) is 24.5. The molecule has 2 aromatic heterocycles. The van der Waals surface area contributed by atoms with Crippen LogP contribution in [0.25, 0.3) is 5.52 Å². The van der Waals surface area contributed by atoms with Gasteiger partial charge >= 0.3 is 0 Å². The summed E-state index contributed by atoms with van der Waals surface area (Å²) in [6.45, 7) is 12.8. The maximum Gasteiger partial charge on any atom is 0.210 e. The van der Waals surface area contributed by atoms with Gasteiger partial charge in [0.15, 0.2) is 0 Å². The van der Waals surface area contributed by atoms with Gasteiger partial charge in [0.05, 0.1) is 16.8 Å². The largest absolute Gasteiger partial charge is 0.492 e. The monoisotopic (exact) mass is 526 g/mol. The molecule has 0 radical (unpaired) electrons. The van der Waals surface area contributed by atoms with Gasteiger partial charge in [0.1, 0.15) is 5.75 Å². The van der Waals surface area contributed by atoms with Gasteiger partial charge in [-0.3, -0.25) is 4.79 Å². The number of hydrogen-bond acceptors (Lipinski definition) is 3. The maximum absolute atomic E-state index is 13.5. The first-order valence-electron chi connectivity index (χ1n) is 12.8. The van der Waals surface area contributed by atoms with Crippen LogP contribution in [0.5, 0.6) is 5.75 Å². The number of benzene rings is 1. The molecule has 0 aliphatic heterocycles. The summed E-state index contributed by atoms with van der Waals surface area (Å²) < 4.78 is 8.91. The quantitative estimate of drug-likeness (QED) is 0.161. The van der Waals surface area contributed by atoms with Gasteiger partial charge in [-0.15, -0.1) is 0 Å². The fourth-order valence-electron chi connectivity index (χ4n) is 4.57. The molecule has 0 spiro atoms. The molecule has 4 nitrogen and oxygen atoms in total. The van der Waals surface area contributed by atoms with Crippen LogP contribution in [0.4, 0.5) is 0 Å². The lowest BCUT2D eigenvalue weighted by Gasteiger charge is -2.22. The number of fused-ring (bicyclic) bond motifs is 1. The van der Waals surface area contributed by atoms with Gasteiger partial charge in [0.25, 0.3) is 0 Å². The summed E-state index contributed by atoms with van der Waals surface area (Å²) in [4.78, 5) is 16.1. The fraction of sp³-hybridized carbons (Fsp3) is 0.483. The summed E-state index contributed by atoms with van der Waals surface area (Å²) in [5.74, 6) is 0.831. The fourth-order valence-corrected chi connectivity index (χ4v) is 5.06. The number of pyridine rings is 1. The van der Waals surface area contributed by atoms with Crippen molar-refractivity contribution in [2.75, 3.05) is 26.2 Å². The van der Waals surface area contributed by atoms with E-state index < -0.39 is 0 Å². The van der Waals surface area contributed by atoms with Crippen molar-refractivity contribution in [3.63, 3.8) is 0 Å². The number of ketones is 1. The standard InChI is InChI=1S/C29H39BrN2O2/c1-5-8-16-31(17-9-6-2)18-12-20-34-27-15-14-23(21-25(27)30)29(33)28-24(7-3)22(4)26-13-10-11-19-32(26)28/h10-11,13-15,19,21H,5-9,12,16-18,20H2,1-4H3. The van der Waals surface area contributed by atoms with Crippen molar-refractivity contribution >= 4 is 27.2 Å². The lowest BCUT2D eigenvalue weighted by molar-refractivity contribution is 0.103. The Balaban J connectivity index is 1.67. The molecule has 0 fully saturated rings. The summed E-state index contributed by atoms with van der Waals surface area (Å²) in [5, 5.41) is 0. The SMILES string of the molecule is CCCCN(CCCC)CCCOc1ccc(C(=O)c2c(CC)c(C)c3ccccn23)cc1Br. The summed E-state index contributed by atoms with van der Waals surface area (Å²) in [6, 6.07) is 11.8. The first-order chi connectivity index (χ1) is 16.5. The molecule has 0 saturated heterocycles. The van der Waals surface area contributed by atoms with Crippen LogP contribution >= 0.6 is 15.9 Å². The molecule has 0 unspecified atom stereocenters. The van der Waals surface area contributed by atoms with Crippen LogP contribution in [0.1, 0.15) is 80.1 Å². The Kier molecular flexibility index (Phi) is 10.2. The molecule has 2 heterocycles. The van der Waals surface area contributed by atoms with Crippen molar-refractivity contribution < 1.29 is 9.53 Å². The van der Waals surface area contributed by atoms with Crippen LogP contribution in [-0.2, 0) is 6.42 Å². The molecule has 0 aliphatic rings. The molecule has 1 aromatic carbocycles. The average molecular weight is 528 g/mol. The van der Waals surface area contributed by atoms with Crippen molar-refractivity contribution in [2.24, 2.45) is 0 Å². The number of halogens is 1. The van der Waals surface area contributed by atoms with Crippen molar-refractivity contribution in [3.05, 3.63) is 69.5 Å². The second-order valence-electron chi connectivity index (χ2n) is 8.99. The first kappa shape index (κ1) is 26.5. The summed E-state index contributed by atoms with van der Waals surface area (Å²) in [5.41, 5.74) is 4.81. The summed E-state index contributed by atoms with van der Waals surface area (Å²) in [6.07, 6.45) is 8.76. The van der Waals surface area contributed by atoms with Gasteiger partial charge < -0.3 is 14.0 Å². The Labute approximate surface area is 213 Å². The lowest BCUT2D eigenvalue weighted by atomic mass is 10.0. The van der Waals surface area contributed by atoms with E-state index in [0.29, 0.717) is 12.2 Å². The summed E-state index contributed by atoms with van der Waals surface area (Å²) >= 11 is 3.63. The molecule has 3 aromatic rings. The van der Waals surface area contributed by atoms with Gasteiger partial charge in [-0.25, -0.2) is 0 Å². The normalized spacial score (nSPS) is 11.5. The third kappa shape index (κ3) is 6.31. The zero-order valence-electron chi connectivity index (χ0n) is 21.2. The predicted octanol–water partition coefficient (Wildman–Crippen LogP) is 7.47. The molecule has 0 saturated carbocycles. The van der Waals surface area contributed by atoms with Gasteiger partial charge in [-0.05, 0) is 103 Å². The number of hydrogen-bond donors (Lipinski definition) is 0. The minimum absolute atomic E-state index is 0.0425. The number of rotatable bonds is 14. The van der Waals surface area contributed by atoms with Gasteiger partial charge in [0.2, 0.25) is 5.78 Å². The Hall–Kier alpha value is -2.11. The second-order valence-corrected chi connectivity index (χ2v) is 9.84. The van der Waals surface area contributed by atoms with Crippen LogP contribution < -0.4 is 4.74 Å². The van der Waals surface area contributed by atoms with Gasteiger partial charge in [-0.1, -0.05) is 39.7 Å². The number of carbonyl (C=O) groups excluding carboxylic acids is 1. The van der Waals surface area contributed by atoms with E-state index in [1.54, 1.807) is 0 Å². The van der Waals surface area contributed by atoms with Gasteiger partial charge in [-0.2, -0.15) is 0 Å². The van der Waals surface area contributed by atoms with E-state index in [4.69, 9.17) is 4.74 Å². The Morgan fingerprint density at radius 2 is 1.71 bits per heavy atom. The average Bonchev–Trinajstić information content (AvgIpc) is 3.14. The molecule has 0 N–H and O–H groups in total.